The van der Waals surface area contributed by atoms with Gasteiger partial charge in [0.1, 0.15) is 5.82 Å². The van der Waals surface area contributed by atoms with Crippen molar-refractivity contribution in [3.05, 3.63) is 35.6 Å². The number of hydrogen-bond donors (Lipinski definition) is 1. The van der Waals surface area contributed by atoms with E-state index in [2.05, 4.69) is 0 Å². The number of benzene rings is 1. The van der Waals surface area contributed by atoms with Gasteiger partial charge in [-0.3, -0.25) is 9.69 Å². The summed E-state index contributed by atoms with van der Waals surface area (Å²) in [4.78, 5) is 12.7. The van der Waals surface area contributed by atoms with Crippen molar-refractivity contribution in [3.63, 3.8) is 0 Å². The molecule has 0 spiro atoms. The molecule has 2 N–H and O–H groups in total. The fourth-order valence-electron chi connectivity index (χ4n) is 1.28. The first-order valence-electron chi connectivity index (χ1n) is 4.74. The van der Waals surface area contributed by atoms with Gasteiger partial charge in [0.25, 0.3) is 0 Å². The normalized spacial score (nSPS) is 12.8. The first-order valence-corrected chi connectivity index (χ1v) is 4.74. The largest absolute Gasteiger partial charge is 0.368 e. The molecule has 0 saturated heterocycles. The average molecular weight is 210 g/mol. The van der Waals surface area contributed by atoms with E-state index in [1.54, 1.807) is 24.9 Å². The van der Waals surface area contributed by atoms with Crippen molar-refractivity contribution in [2.45, 2.75) is 19.5 Å². The number of nitrogens with zero attached hydrogens (tertiary/aromatic N) is 1. The summed E-state index contributed by atoms with van der Waals surface area (Å²) in [6.07, 6.45) is 0. The summed E-state index contributed by atoms with van der Waals surface area (Å²) in [7, 11) is 1.78. The van der Waals surface area contributed by atoms with Crippen molar-refractivity contribution in [2.75, 3.05) is 7.05 Å². The van der Waals surface area contributed by atoms with E-state index in [-0.39, 0.29) is 17.8 Å². The highest BCUT2D eigenvalue weighted by Gasteiger charge is 2.14. The molecule has 1 rings (SSSR count). The van der Waals surface area contributed by atoms with Gasteiger partial charge in [-0.25, -0.2) is 4.39 Å². The summed E-state index contributed by atoms with van der Waals surface area (Å²) in [5, 5.41) is 0. The van der Waals surface area contributed by atoms with Crippen LogP contribution in [0.4, 0.5) is 4.39 Å². The second-order valence-electron chi connectivity index (χ2n) is 3.62. The Morgan fingerprint density at radius 2 is 2.27 bits per heavy atom. The predicted molar refractivity (Wildman–Crippen MR) is 56.5 cm³/mol. The van der Waals surface area contributed by atoms with Crippen molar-refractivity contribution in [1.82, 2.24) is 4.90 Å². The monoisotopic (exact) mass is 210 g/mol. The SMILES string of the molecule is C[C@@H](C(N)=O)N(C)Cc1cccc(F)c1. The first-order chi connectivity index (χ1) is 7.00. The average Bonchev–Trinajstić information content (AvgIpc) is 2.16. The Balaban J connectivity index is 2.66. The van der Waals surface area contributed by atoms with Gasteiger partial charge in [-0.05, 0) is 31.7 Å². The van der Waals surface area contributed by atoms with Gasteiger partial charge in [0.2, 0.25) is 5.91 Å². The Bertz CT molecular complexity index is 354. The number of rotatable bonds is 4. The molecule has 0 aliphatic carbocycles. The van der Waals surface area contributed by atoms with Crippen LogP contribution in [0.25, 0.3) is 0 Å². The van der Waals surface area contributed by atoms with Crippen LogP contribution < -0.4 is 5.73 Å². The lowest BCUT2D eigenvalue weighted by Crippen LogP contribution is -2.39. The Morgan fingerprint density at radius 1 is 1.60 bits per heavy atom. The lowest BCUT2D eigenvalue weighted by molar-refractivity contribution is -0.122. The lowest BCUT2D eigenvalue weighted by atomic mass is 10.2. The number of nitrogens with two attached hydrogens (primary N) is 1. The molecule has 15 heavy (non-hydrogen) atoms. The number of carbonyl (C=O) groups is 1. The summed E-state index contributed by atoms with van der Waals surface area (Å²) in [6.45, 7) is 2.23. The van der Waals surface area contributed by atoms with E-state index < -0.39 is 0 Å². The summed E-state index contributed by atoms with van der Waals surface area (Å²) in [5.41, 5.74) is 5.99. The van der Waals surface area contributed by atoms with Crippen LogP contribution in [-0.4, -0.2) is 23.9 Å². The number of halogens is 1. The molecule has 1 aromatic carbocycles. The Hall–Kier alpha value is -1.42. The van der Waals surface area contributed by atoms with Gasteiger partial charge >= 0.3 is 0 Å². The molecular weight excluding hydrogens is 195 g/mol. The maximum Gasteiger partial charge on any atom is 0.234 e. The van der Waals surface area contributed by atoms with E-state index in [0.717, 1.165) is 5.56 Å². The molecule has 0 aromatic heterocycles. The van der Waals surface area contributed by atoms with Crippen LogP contribution in [0.15, 0.2) is 24.3 Å². The molecule has 0 fully saturated rings. The molecule has 3 nitrogen and oxygen atoms in total. The third-order valence-corrected chi connectivity index (χ3v) is 2.39. The van der Waals surface area contributed by atoms with Gasteiger partial charge in [-0.1, -0.05) is 12.1 Å². The fourth-order valence-corrected chi connectivity index (χ4v) is 1.28. The van der Waals surface area contributed by atoms with Gasteiger partial charge in [0.05, 0.1) is 6.04 Å². The number of carbonyl (C=O) groups excluding carboxylic acids is 1. The topological polar surface area (TPSA) is 46.3 Å². The van der Waals surface area contributed by atoms with Crippen LogP contribution in [0, 0.1) is 5.82 Å². The summed E-state index contributed by atoms with van der Waals surface area (Å²) in [6, 6.07) is 5.94. The second kappa shape index (κ2) is 4.89. The minimum Gasteiger partial charge on any atom is -0.368 e. The van der Waals surface area contributed by atoms with Crippen LogP contribution in [-0.2, 0) is 11.3 Å². The highest BCUT2D eigenvalue weighted by Crippen LogP contribution is 2.08. The highest BCUT2D eigenvalue weighted by atomic mass is 19.1. The zero-order chi connectivity index (χ0) is 11.4. The predicted octanol–water partition coefficient (Wildman–Crippen LogP) is 1.13. The van der Waals surface area contributed by atoms with Crippen LogP contribution in [0.2, 0.25) is 0 Å². The van der Waals surface area contributed by atoms with Crippen LogP contribution >= 0.6 is 0 Å². The Kier molecular flexibility index (Phi) is 3.80. The summed E-state index contributed by atoms with van der Waals surface area (Å²) >= 11 is 0. The third-order valence-electron chi connectivity index (χ3n) is 2.39. The zero-order valence-electron chi connectivity index (χ0n) is 8.90. The summed E-state index contributed by atoms with van der Waals surface area (Å²) in [5.74, 6) is -0.651. The molecule has 82 valence electrons. The molecule has 1 aromatic rings. The van der Waals surface area contributed by atoms with E-state index in [0.29, 0.717) is 6.54 Å². The van der Waals surface area contributed by atoms with Crippen LogP contribution in [0.3, 0.4) is 0 Å². The van der Waals surface area contributed by atoms with Gasteiger partial charge < -0.3 is 5.73 Å². The van der Waals surface area contributed by atoms with Crippen molar-refractivity contribution in [3.8, 4) is 0 Å². The van der Waals surface area contributed by atoms with Crippen molar-refractivity contribution >= 4 is 5.91 Å². The number of likely N-dealkylation sites (N-methyl/N-ethyl adjacent to an activating group) is 1. The van der Waals surface area contributed by atoms with Gasteiger partial charge in [-0.2, -0.15) is 0 Å². The quantitative estimate of drug-likeness (QED) is 0.809. The van der Waals surface area contributed by atoms with Crippen LogP contribution in [0.5, 0.6) is 0 Å². The van der Waals surface area contributed by atoms with E-state index in [4.69, 9.17) is 5.73 Å². The van der Waals surface area contributed by atoms with Gasteiger partial charge in [-0.15, -0.1) is 0 Å². The maximum absolute atomic E-state index is 12.9. The maximum atomic E-state index is 12.9. The van der Waals surface area contributed by atoms with Crippen LogP contribution in [0.1, 0.15) is 12.5 Å². The molecule has 0 saturated carbocycles. The smallest absolute Gasteiger partial charge is 0.234 e. The minimum absolute atomic E-state index is 0.271. The Morgan fingerprint density at radius 3 is 2.80 bits per heavy atom. The van der Waals surface area contributed by atoms with Gasteiger partial charge in [0.15, 0.2) is 0 Å². The molecule has 1 atom stereocenters. The molecule has 0 aliphatic rings. The van der Waals surface area contributed by atoms with Crippen molar-refractivity contribution < 1.29 is 9.18 Å². The van der Waals surface area contributed by atoms with Crippen molar-refractivity contribution in [2.24, 2.45) is 5.73 Å². The fraction of sp³-hybridized carbons (Fsp3) is 0.364. The molecule has 4 heteroatoms. The Labute approximate surface area is 88.7 Å². The van der Waals surface area contributed by atoms with E-state index >= 15 is 0 Å². The molecular formula is C11H15FN2O. The number of amides is 1. The van der Waals surface area contributed by atoms with Gasteiger partial charge in [0, 0.05) is 6.54 Å². The van der Waals surface area contributed by atoms with E-state index in [1.807, 2.05) is 6.07 Å². The lowest BCUT2D eigenvalue weighted by Gasteiger charge is -2.21. The standard InChI is InChI=1S/C11H15FN2O/c1-8(11(13)15)14(2)7-9-4-3-5-10(12)6-9/h3-6,8H,7H2,1-2H3,(H2,13,15)/t8-/m0/s1. The number of primary amides is 1. The van der Waals surface area contributed by atoms with E-state index in [9.17, 15) is 9.18 Å². The van der Waals surface area contributed by atoms with E-state index in [1.165, 1.54) is 12.1 Å². The molecule has 0 heterocycles. The molecule has 1 amide bonds. The molecule has 0 unspecified atom stereocenters. The highest BCUT2D eigenvalue weighted by molar-refractivity contribution is 5.79. The van der Waals surface area contributed by atoms with Crippen molar-refractivity contribution in [1.29, 1.82) is 0 Å². The number of hydrogen-bond acceptors (Lipinski definition) is 2. The minimum atomic E-state index is -0.381. The second-order valence-corrected chi connectivity index (χ2v) is 3.62. The third kappa shape index (κ3) is 3.32. The molecule has 0 bridgehead atoms. The summed E-state index contributed by atoms with van der Waals surface area (Å²) < 4.78 is 12.9. The zero-order valence-corrected chi connectivity index (χ0v) is 8.90. The molecule has 0 aliphatic heterocycles. The molecule has 0 radical (unpaired) electrons. The first kappa shape index (κ1) is 11.7.